The molecule has 2 atom stereocenters. The van der Waals surface area contributed by atoms with Gasteiger partial charge < -0.3 is 19.5 Å². The Balaban J connectivity index is 1.33. The van der Waals surface area contributed by atoms with Crippen LogP contribution in [0.3, 0.4) is 0 Å². The molecule has 2 aliphatic rings. The summed E-state index contributed by atoms with van der Waals surface area (Å²) in [6.07, 6.45) is 0.882. The fourth-order valence-corrected chi connectivity index (χ4v) is 7.31. The van der Waals surface area contributed by atoms with Crippen molar-refractivity contribution in [2.45, 2.75) is 57.2 Å². The van der Waals surface area contributed by atoms with Gasteiger partial charge in [-0.3, -0.25) is 19.8 Å². The number of anilines is 1. The van der Waals surface area contributed by atoms with Gasteiger partial charge in [-0.1, -0.05) is 73.7 Å². The lowest BCUT2D eigenvalue weighted by atomic mass is 10.0. The number of esters is 1. The van der Waals surface area contributed by atoms with E-state index < -0.39 is 47.0 Å². The molecule has 0 unspecified atom stereocenters. The van der Waals surface area contributed by atoms with Crippen molar-refractivity contribution in [2.24, 2.45) is 0 Å². The zero-order valence-corrected chi connectivity index (χ0v) is 29.0. The molecular weight excluding hydrogens is 653 g/mol. The maximum absolute atomic E-state index is 14.0. The molecule has 2 aromatic carbocycles. The first-order valence-corrected chi connectivity index (χ1v) is 17.4. The standard InChI is InChI=1S/C35H38N4O7S2/c1-6-13-24(25-20-48-33(36-25)38-34(43)46-35(2,3)4)29(40)37-26-30(41)39-27(23(18-44-5)19-47-31(26)39)32(42)45-28(21-14-9-7-10-15-21)22-16-11-8-12-17-22/h7-17,20,26,28,31H,6,18-19H2,1-5H3,(H,37,40)(H,36,38,43)/b24-13-/t26-,31-/m1/s1. The number of nitrogens with one attached hydrogen (secondary N) is 2. The molecule has 0 spiro atoms. The number of methoxy groups -OCH3 is 1. The first-order valence-electron chi connectivity index (χ1n) is 15.4. The molecular formula is C35H38N4O7S2. The highest BCUT2D eigenvalue weighted by Crippen LogP contribution is 2.42. The van der Waals surface area contributed by atoms with Crippen molar-refractivity contribution in [3.8, 4) is 0 Å². The number of rotatable bonds is 11. The normalized spacial score (nSPS) is 17.8. The molecule has 1 saturated heterocycles. The SMILES string of the molecule is CC/C=C(\C(=O)N[C@@H]1C(=O)N2C(C(=O)OC(c3ccccc3)c3ccccc3)=C(COC)CS[C@H]12)c1csc(NC(=O)OC(C)(C)C)n1. The van der Waals surface area contributed by atoms with Crippen LogP contribution in [-0.2, 0) is 28.6 Å². The Morgan fingerprint density at radius 1 is 1.06 bits per heavy atom. The molecule has 0 saturated carbocycles. The van der Waals surface area contributed by atoms with Gasteiger partial charge in [-0.2, -0.15) is 0 Å². The highest BCUT2D eigenvalue weighted by molar-refractivity contribution is 8.00. The van der Waals surface area contributed by atoms with E-state index in [1.54, 1.807) is 32.2 Å². The van der Waals surface area contributed by atoms with Crippen LogP contribution < -0.4 is 10.6 Å². The summed E-state index contributed by atoms with van der Waals surface area (Å²) in [7, 11) is 1.53. The van der Waals surface area contributed by atoms with Gasteiger partial charge in [0.2, 0.25) is 0 Å². The Morgan fingerprint density at radius 3 is 2.29 bits per heavy atom. The minimum absolute atomic E-state index is 0.134. The smallest absolute Gasteiger partial charge is 0.413 e. The van der Waals surface area contributed by atoms with Crippen LogP contribution in [0.15, 0.2) is 83.4 Å². The Labute approximate surface area is 287 Å². The second-order valence-corrected chi connectivity index (χ2v) is 14.0. The molecule has 0 radical (unpaired) electrons. The van der Waals surface area contributed by atoms with E-state index in [9.17, 15) is 19.2 Å². The number of carbonyl (C=O) groups excluding carboxylic acids is 4. The lowest BCUT2D eigenvalue weighted by Gasteiger charge is -2.49. The monoisotopic (exact) mass is 690 g/mol. The fraction of sp³-hybridized carbons (Fsp3) is 0.343. The van der Waals surface area contributed by atoms with Crippen LogP contribution in [0, 0.1) is 0 Å². The van der Waals surface area contributed by atoms with Crippen molar-refractivity contribution in [3.05, 3.63) is 100 Å². The van der Waals surface area contributed by atoms with E-state index in [1.807, 2.05) is 67.6 Å². The summed E-state index contributed by atoms with van der Waals surface area (Å²) in [4.78, 5) is 59.3. The summed E-state index contributed by atoms with van der Waals surface area (Å²) in [5.74, 6) is -1.17. The third kappa shape index (κ3) is 7.97. The van der Waals surface area contributed by atoms with Crippen LogP contribution in [0.4, 0.5) is 9.93 Å². The molecule has 1 fully saturated rings. The van der Waals surface area contributed by atoms with Crippen LogP contribution in [0.5, 0.6) is 0 Å². The number of allylic oxidation sites excluding steroid dienone is 1. The van der Waals surface area contributed by atoms with E-state index in [1.165, 1.54) is 23.8 Å². The molecule has 11 nitrogen and oxygen atoms in total. The first-order chi connectivity index (χ1) is 23.0. The maximum atomic E-state index is 14.0. The van der Waals surface area contributed by atoms with Crippen LogP contribution in [0.1, 0.15) is 57.0 Å². The highest BCUT2D eigenvalue weighted by atomic mass is 32.2. The number of fused-ring (bicyclic) bond motifs is 1. The predicted octanol–water partition coefficient (Wildman–Crippen LogP) is 5.92. The number of benzene rings is 2. The van der Waals surface area contributed by atoms with Crippen LogP contribution in [0.25, 0.3) is 5.57 Å². The molecule has 252 valence electrons. The fourth-order valence-electron chi connectivity index (χ4n) is 5.29. The van der Waals surface area contributed by atoms with Gasteiger partial charge in [-0.15, -0.1) is 23.1 Å². The molecule has 0 bridgehead atoms. The van der Waals surface area contributed by atoms with Gasteiger partial charge in [0.25, 0.3) is 11.8 Å². The Hall–Kier alpha value is -4.46. The Bertz CT molecular complexity index is 1680. The lowest BCUT2D eigenvalue weighted by molar-refractivity contribution is -0.154. The number of aromatic nitrogens is 1. The minimum atomic E-state index is -0.883. The number of carbonyl (C=O) groups is 4. The topological polar surface area (TPSA) is 136 Å². The second kappa shape index (κ2) is 15.2. The molecule has 2 aliphatic heterocycles. The van der Waals surface area contributed by atoms with E-state index in [0.29, 0.717) is 23.4 Å². The number of amides is 3. The number of hydrogen-bond acceptors (Lipinski definition) is 10. The lowest BCUT2D eigenvalue weighted by Crippen LogP contribution is -2.70. The summed E-state index contributed by atoms with van der Waals surface area (Å²) in [5.41, 5.74) is 2.27. The average Bonchev–Trinajstić information content (AvgIpc) is 3.52. The number of nitrogens with zero attached hydrogens (tertiary/aromatic N) is 2. The summed E-state index contributed by atoms with van der Waals surface area (Å²) >= 11 is 2.58. The van der Waals surface area contributed by atoms with Gasteiger partial charge in [-0.05, 0) is 43.9 Å². The van der Waals surface area contributed by atoms with E-state index >= 15 is 0 Å². The van der Waals surface area contributed by atoms with E-state index in [2.05, 4.69) is 15.6 Å². The predicted molar refractivity (Wildman–Crippen MR) is 185 cm³/mol. The molecule has 3 amide bonds. The van der Waals surface area contributed by atoms with Gasteiger partial charge >= 0.3 is 12.1 Å². The summed E-state index contributed by atoms with van der Waals surface area (Å²) in [6.45, 7) is 7.29. The molecule has 3 heterocycles. The number of ether oxygens (including phenoxy) is 3. The van der Waals surface area contributed by atoms with Crippen molar-refractivity contribution < 1.29 is 33.4 Å². The largest absolute Gasteiger partial charge is 0.448 e. The molecule has 1 aromatic heterocycles. The number of thiazole rings is 1. The van der Waals surface area contributed by atoms with Crippen molar-refractivity contribution in [1.29, 1.82) is 0 Å². The number of thioether (sulfide) groups is 1. The zero-order chi connectivity index (χ0) is 34.4. The first kappa shape index (κ1) is 34.9. The third-order valence-electron chi connectivity index (χ3n) is 7.32. The van der Waals surface area contributed by atoms with Gasteiger partial charge in [0, 0.05) is 18.2 Å². The number of β-lactam (4-membered cyclic amide) rings is 1. The molecule has 13 heteroatoms. The molecule has 5 rings (SSSR count). The maximum Gasteiger partial charge on any atom is 0.413 e. The van der Waals surface area contributed by atoms with Crippen LogP contribution in [0.2, 0.25) is 0 Å². The van der Waals surface area contributed by atoms with Gasteiger partial charge in [-0.25, -0.2) is 14.6 Å². The summed E-state index contributed by atoms with van der Waals surface area (Å²) in [5, 5.41) is 6.84. The van der Waals surface area contributed by atoms with E-state index in [4.69, 9.17) is 14.2 Å². The quantitative estimate of drug-likeness (QED) is 0.143. The highest BCUT2D eigenvalue weighted by Gasteiger charge is 2.54. The average molecular weight is 691 g/mol. The van der Waals surface area contributed by atoms with Gasteiger partial charge in [0.15, 0.2) is 11.2 Å². The minimum Gasteiger partial charge on any atom is -0.448 e. The Morgan fingerprint density at radius 2 is 1.71 bits per heavy atom. The van der Waals surface area contributed by atoms with E-state index in [-0.39, 0.29) is 23.0 Å². The summed E-state index contributed by atoms with van der Waals surface area (Å²) < 4.78 is 16.8. The third-order valence-corrected chi connectivity index (χ3v) is 9.41. The van der Waals surface area contributed by atoms with Crippen molar-refractivity contribution in [3.63, 3.8) is 0 Å². The number of hydrogen-bond donors (Lipinski definition) is 2. The van der Waals surface area contributed by atoms with Crippen molar-refractivity contribution in [1.82, 2.24) is 15.2 Å². The van der Waals surface area contributed by atoms with Crippen LogP contribution >= 0.6 is 23.1 Å². The molecule has 3 aromatic rings. The summed E-state index contributed by atoms with van der Waals surface area (Å²) in [6, 6.07) is 17.9. The van der Waals surface area contributed by atoms with Crippen molar-refractivity contribution >= 4 is 57.7 Å². The molecule has 48 heavy (non-hydrogen) atoms. The Kier molecular flexibility index (Phi) is 11.0. The van der Waals surface area contributed by atoms with Crippen LogP contribution in [-0.4, -0.2) is 70.2 Å². The van der Waals surface area contributed by atoms with Gasteiger partial charge in [0.1, 0.15) is 22.7 Å². The molecule has 2 N–H and O–H groups in total. The molecule has 0 aliphatic carbocycles. The van der Waals surface area contributed by atoms with E-state index in [0.717, 1.165) is 22.5 Å². The second-order valence-electron chi connectivity index (χ2n) is 12.0. The zero-order valence-electron chi connectivity index (χ0n) is 27.4. The van der Waals surface area contributed by atoms with Crippen molar-refractivity contribution in [2.75, 3.05) is 24.8 Å². The van der Waals surface area contributed by atoms with Gasteiger partial charge in [0.05, 0.1) is 17.9 Å².